The molecule has 3 nitrogen and oxygen atoms in total. The van der Waals surface area contributed by atoms with Crippen molar-refractivity contribution in [1.29, 1.82) is 0 Å². The normalized spacial score (nSPS) is 27.0. The molecule has 0 spiro atoms. The van der Waals surface area contributed by atoms with Gasteiger partial charge in [0.2, 0.25) is 0 Å². The van der Waals surface area contributed by atoms with Crippen LogP contribution in [0.4, 0.5) is 0 Å². The highest BCUT2D eigenvalue weighted by Crippen LogP contribution is 2.11. The van der Waals surface area contributed by atoms with Gasteiger partial charge in [-0.05, 0) is 25.7 Å². The third-order valence-electron chi connectivity index (χ3n) is 2.20. The maximum atomic E-state index is 5.27. The molecule has 0 aromatic rings. The Labute approximate surface area is 80.4 Å². The molecule has 0 saturated carbocycles. The van der Waals surface area contributed by atoms with E-state index in [-0.39, 0.29) is 0 Å². The Morgan fingerprint density at radius 1 is 1.15 bits per heavy atom. The zero-order chi connectivity index (χ0) is 9.36. The summed E-state index contributed by atoms with van der Waals surface area (Å²) in [6.07, 6.45) is 5.32. The summed E-state index contributed by atoms with van der Waals surface area (Å²) < 4.78 is 15.1. The monoisotopic (exact) mass is 188 g/mol. The minimum absolute atomic E-state index is 0.389. The first kappa shape index (κ1) is 11.0. The Morgan fingerprint density at radius 3 is 2.31 bits per heavy atom. The number of hydrogen-bond donors (Lipinski definition) is 0. The van der Waals surface area contributed by atoms with Crippen LogP contribution < -0.4 is 0 Å². The first-order valence-corrected chi connectivity index (χ1v) is 5.12. The fraction of sp³-hybridized carbons (Fsp3) is 1.00. The summed E-state index contributed by atoms with van der Waals surface area (Å²) in [6.45, 7) is 3.69. The van der Waals surface area contributed by atoms with E-state index in [1.165, 1.54) is 25.7 Å². The molecular formula is C10H20O3. The molecule has 78 valence electrons. The zero-order valence-electron chi connectivity index (χ0n) is 8.46. The minimum atomic E-state index is 0.389. The predicted octanol–water partition coefficient (Wildman–Crippen LogP) is 1.61. The number of ether oxygens (including phenoxy) is 3. The molecule has 2 aliphatic heterocycles. The molecule has 2 saturated heterocycles. The van der Waals surface area contributed by atoms with Crippen molar-refractivity contribution >= 4 is 0 Å². The van der Waals surface area contributed by atoms with Crippen molar-refractivity contribution in [2.45, 2.75) is 31.8 Å². The zero-order valence-corrected chi connectivity index (χ0v) is 8.46. The van der Waals surface area contributed by atoms with Crippen LogP contribution in [0, 0.1) is 0 Å². The van der Waals surface area contributed by atoms with Gasteiger partial charge in [0.1, 0.15) is 0 Å². The molecule has 2 heterocycles. The van der Waals surface area contributed by atoms with Gasteiger partial charge in [0.25, 0.3) is 0 Å². The van der Waals surface area contributed by atoms with Crippen molar-refractivity contribution < 1.29 is 14.2 Å². The SMILES string of the molecule is C1CCOC1.COCC1CCCO1. The highest BCUT2D eigenvalue weighted by Gasteiger charge is 2.13. The van der Waals surface area contributed by atoms with E-state index >= 15 is 0 Å². The van der Waals surface area contributed by atoms with Crippen molar-refractivity contribution in [1.82, 2.24) is 0 Å². The minimum Gasteiger partial charge on any atom is -0.382 e. The number of hydrogen-bond acceptors (Lipinski definition) is 3. The van der Waals surface area contributed by atoms with Gasteiger partial charge in [0.05, 0.1) is 12.7 Å². The summed E-state index contributed by atoms with van der Waals surface area (Å²) in [5.41, 5.74) is 0. The molecule has 13 heavy (non-hydrogen) atoms. The van der Waals surface area contributed by atoms with Crippen LogP contribution in [-0.4, -0.2) is 39.6 Å². The third kappa shape index (κ3) is 5.24. The number of methoxy groups -OCH3 is 1. The largest absolute Gasteiger partial charge is 0.382 e. The second kappa shape index (κ2) is 7.30. The van der Waals surface area contributed by atoms with Crippen LogP contribution >= 0.6 is 0 Å². The van der Waals surface area contributed by atoms with E-state index in [2.05, 4.69) is 0 Å². The highest BCUT2D eigenvalue weighted by atomic mass is 16.5. The summed E-state index contributed by atoms with van der Waals surface area (Å²) in [7, 11) is 1.71. The Bertz CT molecular complexity index is 99.1. The molecule has 0 bridgehead atoms. The molecule has 0 radical (unpaired) electrons. The molecule has 0 N–H and O–H groups in total. The van der Waals surface area contributed by atoms with Gasteiger partial charge in [-0.15, -0.1) is 0 Å². The van der Waals surface area contributed by atoms with Crippen molar-refractivity contribution in [2.75, 3.05) is 33.5 Å². The predicted molar refractivity (Wildman–Crippen MR) is 50.9 cm³/mol. The molecule has 1 unspecified atom stereocenters. The van der Waals surface area contributed by atoms with Crippen LogP contribution in [0.15, 0.2) is 0 Å². The lowest BCUT2D eigenvalue weighted by atomic mass is 10.2. The summed E-state index contributed by atoms with van der Waals surface area (Å²) in [5, 5.41) is 0. The fourth-order valence-corrected chi connectivity index (χ4v) is 1.47. The summed E-state index contributed by atoms with van der Waals surface area (Å²) >= 11 is 0. The van der Waals surface area contributed by atoms with E-state index in [1.54, 1.807) is 7.11 Å². The molecule has 1 atom stereocenters. The lowest BCUT2D eigenvalue weighted by molar-refractivity contribution is 0.0380. The smallest absolute Gasteiger partial charge is 0.0809 e. The van der Waals surface area contributed by atoms with Crippen LogP contribution in [0.2, 0.25) is 0 Å². The van der Waals surface area contributed by atoms with Gasteiger partial charge >= 0.3 is 0 Å². The van der Waals surface area contributed by atoms with Gasteiger partial charge in [-0.3, -0.25) is 0 Å². The Hall–Kier alpha value is -0.120. The third-order valence-corrected chi connectivity index (χ3v) is 2.20. The van der Waals surface area contributed by atoms with E-state index in [0.717, 1.165) is 26.4 Å². The Morgan fingerprint density at radius 2 is 1.92 bits per heavy atom. The van der Waals surface area contributed by atoms with Crippen molar-refractivity contribution in [3.63, 3.8) is 0 Å². The average Bonchev–Trinajstić information content (AvgIpc) is 2.79. The highest BCUT2D eigenvalue weighted by molar-refractivity contribution is 4.62. The van der Waals surface area contributed by atoms with Crippen LogP contribution in [0.5, 0.6) is 0 Å². The quantitative estimate of drug-likeness (QED) is 0.659. The first-order valence-electron chi connectivity index (χ1n) is 5.12. The molecule has 0 aliphatic carbocycles. The van der Waals surface area contributed by atoms with Gasteiger partial charge in [-0.1, -0.05) is 0 Å². The van der Waals surface area contributed by atoms with Crippen LogP contribution in [0.25, 0.3) is 0 Å². The average molecular weight is 188 g/mol. The summed E-state index contributed by atoms with van der Waals surface area (Å²) in [6, 6.07) is 0. The number of rotatable bonds is 2. The standard InChI is InChI=1S/C6H12O2.C4H8O/c1-7-5-6-3-2-4-8-6;1-2-4-5-3-1/h6H,2-5H2,1H3;1-4H2. The van der Waals surface area contributed by atoms with Gasteiger partial charge in [0.15, 0.2) is 0 Å². The first-order chi connectivity index (χ1) is 6.43. The molecule has 2 aliphatic rings. The summed E-state index contributed by atoms with van der Waals surface area (Å²) in [4.78, 5) is 0. The van der Waals surface area contributed by atoms with E-state index < -0.39 is 0 Å². The van der Waals surface area contributed by atoms with Crippen molar-refractivity contribution in [2.24, 2.45) is 0 Å². The second-order valence-corrected chi connectivity index (χ2v) is 3.41. The Balaban J connectivity index is 0.000000145. The molecule has 2 fully saturated rings. The topological polar surface area (TPSA) is 27.7 Å². The second-order valence-electron chi connectivity index (χ2n) is 3.41. The fourth-order valence-electron chi connectivity index (χ4n) is 1.47. The van der Waals surface area contributed by atoms with Crippen LogP contribution in [0.1, 0.15) is 25.7 Å². The van der Waals surface area contributed by atoms with Gasteiger partial charge in [0, 0.05) is 26.9 Å². The molecule has 0 amide bonds. The maximum absolute atomic E-state index is 5.27. The molecule has 3 heteroatoms. The lowest BCUT2D eigenvalue weighted by Gasteiger charge is -2.05. The Kier molecular flexibility index (Phi) is 6.15. The van der Waals surface area contributed by atoms with Crippen molar-refractivity contribution in [3.05, 3.63) is 0 Å². The van der Waals surface area contributed by atoms with Crippen LogP contribution in [-0.2, 0) is 14.2 Å². The van der Waals surface area contributed by atoms with E-state index in [4.69, 9.17) is 14.2 Å². The molecule has 0 aromatic carbocycles. The summed E-state index contributed by atoms with van der Waals surface area (Å²) in [5.74, 6) is 0. The van der Waals surface area contributed by atoms with Gasteiger partial charge < -0.3 is 14.2 Å². The lowest BCUT2D eigenvalue weighted by Crippen LogP contribution is -2.11. The molecule has 2 rings (SSSR count). The van der Waals surface area contributed by atoms with E-state index in [1.807, 2.05) is 0 Å². The van der Waals surface area contributed by atoms with Crippen LogP contribution in [0.3, 0.4) is 0 Å². The van der Waals surface area contributed by atoms with E-state index in [0.29, 0.717) is 6.10 Å². The molecule has 0 aromatic heterocycles. The van der Waals surface area contributed by atoms with E-state index in [9.17, 15) is 0 Å². The van der Waals surface area contributed by atoms with Gasteiger partial charge in [-0.25, -0.2) is 0 Å². The maximum Gasteiger partial charge on any atom is 0.0809 e. The molecular weight excluding hydrogens is 168 g/mol. The van der Waals surface area contributed by atoms with Gasteiger partial charge in [-0.2, -0.15) is 0 Å². The van der Waals surface area contributed by atoms with Crippen molar-refractivity contribution in [3.8, 4) is 0 Å².